The van der Waals surface area contributed by atoms with Gasteiger partial charge >= 0.3 is 12.2 Å². The van der Waals surface area contributed by atoms with Crippen molar-refractivity contribution in [2.45, 2.75) is 58.8 Å². The molecule has 0 aliphatic carbocycles. The molecule has 1 amide bonds. The molecule has 1 aliphatic rings. The third-order valence-corrected chi connectivity index (χ3v) is 3.52. The summed E-state index contributed by atoms with van der Waals surface area (Å²) in [6.45, 7) is 10.7. The van der Waals surface area contributed by atoms with E-state index >= 15 is 0 Å². The second-order valence-electron chi connectivity index (χ2n) is 8.22. The Bertz CT molecular complexity index is 707. The lowest BCUT2D eigenvalue weighted by molar-refractivity contribution is -0.0214. The maximum atomic E-state index is 12.6. The van der Waals surface area contributed by atoms with Gasteiger partial charge in [-0.25, -0.2) is 9.59 Å². The lowest BCUT2D eigenvalue weighted by atomic mass is 10.2. The Labute approximate surface area is 164 Å². The van der Waals surface area contributed by atoms with Gasteiger partial charge in [-0.05, 0) is 59.7 Å². The van der Waals surface area contributed by atoms with Crippen LogP contribution in [0.3, 0.4) is 0 Å². The quantitative estimate of drug-likeness (QED) is 0.665. The number of hydrogen-bond donors (Lipinski definition) is 0. The lowest BCUT2D eigenvalue weighted by Crippen LogP contribution is -2.47. The van der Waals surface area contributed by atoms with E-state index in [2.05, 4.69) is 0 Å². The molecular formula is C19H26ClNO6. The van der Waals surface area contributed by atoms with E-state index in [1.165, 1.54) is 4.90 Å². The lowest BCUT2D eigenvalue weighted by Gasteiger charge is -2.35. The van der Waals surface area contributed by atoms with Gasteiger partial charge in [0.05, 0.1) is 12.2 Å². The first-order chi connectivity index (χ1) is 12.3. The third kappa shape index (κ3) is 6.50. The van der Waals surface area contributed by atoms with Crippen molar-refractivity contribution in [3.63, 3.8) is 0 Å². The highest BCUT2D eigenvalue weighted by Gasteiger charge is 2.34. The molecule has 27 heavy (non-hydrogen) atoms. The molecule has 1 unspecified atom stereocenters. The fraction of sp³-hybridized carbons (Fsp3) is 0.579. The van der Waals surface area contributed by atoms with E-state index in [9.17, 15) is 9.59 Å². The van der Waals surface area contributed by atoms with Crippen LogP contribution >= 0.6 is 11.6 Å². The van der Waals surface area contributed by atoms with Crippen LogP contribution in [0.15, 0.2) is 18.2 Å². The van der Waals surface area contributed by atoms with E-state index in [0.29, 0.717) is 16.5 Å². The number of anilines is 1. The Morgan fingerprint density at radius 1 is 1.15 bits per heavy atom. The minimum atomic E-state index is -0.795. The first-order valence-electron chi connectivity index (χ1n) is 8.66. The Hall–Kier alpha value is -2.15. The van der Waals surface area contributed by atoms with Crippen molar-refractivity contribution >= 4 is 29.5 Å². The van der Waals surface area contributed by atoms with E-state index in [-0.39, 0.29) is 13.2 Å². The zero-order chi connectivity index (χ0) is 20.4. The van der Waals surface area contributed by atoms with Gasteiger partial charge in [-0.3, -0.25) is 4.90 Å². The highest BCUT2D eigenvalue weighted by molar-refractivity contribution is 6.31. The van der Waals surface area contributed by atoms with E-state index in [0.717, 1.165) is 0 Å². The molecule has 1 aliphatic heterocycles. The first-order valence-corrected chi connectivity index (χ1v) is 9.04. The van der Waals surface area contributed by atoms with Gasteiger partial charge in [0.2, 0.25) is 0 Å². The Morgan fingerprint density at radius 2 is 1.78 bits per heavy atom. The zero-order valence-corrected chi connectivity index (χ0v) is 17.3. The molecule has 1 aromatic carbocycles. The average molecular weight is 400 g/mol. The van der Waals surface area contributed by atoms with Gasteiger partial charge in [-0.1, -0.05) is 11.6 Å². The van der Waals surface area contributed by atoms with Crippen molar-refractivity contribution in [3.05, 3.63) is 23.2 Å². The molecule has 0 saturated heterocycles. The van der Waals surface area contributed by atoms with E-state index in [1.807, 2.05) is 0 Å². The van der Waals surface area contributed by atoms with Crippen molar-refractivity contribution < 1.29 is 28.5 Å². The van der Waals surface area contributed by atoms with Crippen LogP contribution in [-0.2, 0) is 14.2 Å². The fourth-order valence-electron chi connectivity index (χ4n) is 2.34. The van der Waals surface area contributed by atoms with Crippen LogP contribution in [-0.4, -0.2) is 42.7 Å². The van der Waals surface area contributed by atoms with Gasteiger partial charge in [0.25, 0.3) is 0 Å². The SMILES string of the molecule is CC(C)(C)OC(=O)OCC1CN(C(=O)OC(C)(C)C)c2cc(Cl)ccc2O1. The standard InChI is InChI=1S/C19H26ClNO6/c1-18(2,3)26-16(22)21-10-13(11-24-17(23)27-19(4,5)6)25-15-8-7-12(20)9-14(15)21/h7-9,13H,10-11H2,1-6H3. The normalized spacial score (nSPS) is 16.9. The predicted octanol–water partition coefficient (Wildman–Crippen LogP) is 4.79. The summed E-state index contributed by atoms with van der Waals surface area (Å²) in [6.07, 6.45) is -1.90. The Balaban J connectivity index is 2.13. The average Bonchev–Trinajstić information content (AvgIpc) is 2.49. The van der Waals surface area contributed by atoms with E-state index in [1.54, 1.807) is 59.7 Å². The number of benzene rings is 1. The second-order valence-corrected chi connectivity index (χ2v) is 8.65. The number of halogens is 1. The Kier molecular flexibility index (Phi) is 6.14. The van der Waals surface area contributed by atoms with Gasteiger partial charge in [0, 0.05) is 5.02 Å². The summed E-state index contributed by atoms with van der Waals surface area (Å²) in [6, 6.07) is 4.95. The minimum absolute atomic E-state index is 0.0731. The fourth-order valence-corrected chi connectivity index (χ4v) is 2.50. The molecule has 0 spiro atoms. The van der Waals surface area contributed by atoms with Crippen LogP contribution in [0.4, 0.5) is 15.3 Å². The maximum Gasteiger partial charge on any atom is 0.508 e. The van der Waals surface area contributed by atoms with Gasteiger partial charge in [-0.2, -0.15) is 0 Å². The molecule has 0 N–H and O–H groups in total. The largest absolute Gasteiger partial charge is 0.508 e. The first kappa shape index (κ1) is 21.2. The van der Waals surface area contributed by atoms with Crippen molar-refractivity contribution in [1.82, 2.24) is 0 Å². The highest BCUT2D eigenvalue weighted by Crippen LogP contribution is 2.36. The molecule has 8 heteroatoms. The molecule has 150 valence electrons. The third-order valence-electron chi connectivity index (χ3n) is 3.28. The van der Waals surface area contributed by atoms with Gasteiger partial charge in [0.1, 0.15) is 23.6 Å². The van der Waals surface area contributed by atoms with E-state index in [4.69, 9.17) is 30.5 Å². The number of fused-ring (bicyclic) bond motifs is 1. The molecular weight excluding hydrogens is 374 g/mol. The molecule has 0 bridgehead atoms. The number of hydrogen-bond acceptors (Lipinski definition) is 6. The number of carbonyl (C=O) groups is 2. The summed E-state index contributed by atoms with van der Waals surface area (Å²) < 4.78 is 21.6. The minimum Gasteiger partial charge on any atom is -0.483 e. The molecule has 0 aromatic heterocycles. The van der Waals surface area contributed by atoms with Crippen LogP contribution in [0.5, 0.6) is 5.75 Å². The van der Waals surface area contributed by atoms with Gasteiger partial charge in [-0.15, -0.1) is 0 Å². The smallest absolute Gasteiger partial charge is 0.483 e. The topological polar surface area (TPSA) is 74.3 Å². The molecule has 7 nitrogen and oxygen atoms in total. The monoisotopic (exact) mass is 399 g/mol. The van der Waals surface area contributed by atoms with Crippen molar-refractivity contribution in [2.24, 2.45) is 0 Å². The number of nitrogens with zero attached hydrogens (tertiary/aromatic N) is 1. The number of carbonyl (C=O) groups excluding carboxylic acids is 2. The van der Waals surface area contributed by atoms with Gasteiger partial charge in [0.15, 0.2) is 6.10 Å². The van der Waals surface area contributed by atoms with Crippen molar-refractivity contribution in [2.75, 3.05) is 18.1 Å². The van der Waals surface area contributed by atoms with Crippen LogP contribution in [0.1, 0.15) is 41.5 Å². The molecule has 0 saturated carbocycles. The number of amides is 1. The molecule has 2 rings (SSSR count). The molecule has 1 aromatic rings. The summed E-state index contributed by atoms with van der Waals surface area (Å²) in [5.74, 6) is 0.453. The molecule has 0 fully saturated rings. The van der Waals surface area contributed by atoms with Crippen molar-refractivity contribution in [1.29, 1.82) is 0 Å². The zero-order valence-electron chi connectivity index (χ0n) is 16.5. The van der Waals surface area contributed by atoms with Crippen LogP contribution < -0.4 is 9.64 Å². The van der Waals surface area contributed by atoms with Crippen molar-refractivity contribution in [3.8, 4) is 5.75 Å². The predicted molar refractivity (Wildman–Crippen MR) is 102 cm³/mol. The Morgan fingerprint density at radius 3 is 2.37 bits per heavy atom. The van der Waals surface area contributed by atoms with Crippen LogP contribution in [0.2, 0.25) is 5.02 Å². The van der Waals surface area contributed by atoms with Crippen LogP contribution in [0, 0.1) is 0 Å². The van der Waals surface area contributed by atoms with E-state index < -0.39 is 29.6 Å². The molecule has 0 radical (unpaired) electrons. The van der Waals surface area contributed by atoms with Gasteiger partial charge < -0.3 is 18.9 Å². The molecule has 1 heterocycles. The summed E-state index contributed by atoms with van der Waals surface area (Å²) in [7, 11) is 0. The summed E-state index contributed by atoms with van der Waals surface area (Å²) in [4.78, 5) is 25.8. The summed E-state index contributed by atoms with van der Waals surface area (Å²) >= 11 is 6.06. The summed E-state index contributed by atoms with van der Waals surface area (Å²) in [5.41, 5.74) is -0.808. The second kappa shape index (κ2) is 7.84. The number of rotatable bonds is 2. The summed E-state index contributed by atoms with van der Waals surface area (Å²) in [5, 5.41) is 0.467. The maximum absolute atomic E-state index is 12.6. The highest BCUT2D eigenvalue weighted by atomic mass is 35.5. The van der Waals surface area contributed by atoms with Crippen LogP contribution in [0.25, 0.3) is 0 Å². The molecule has 1 atom stereocenters. The number of ether oxygens (including phenoxy) is 4.